The summed E-state index contributed by atoms with van der Waals surface area (Å²) in [5.41, 5.74) is 0.0575. The summed E-state index contributed by atoms with van der Waals surface area (Å²) in [5, 5.41) is 0. The summed E-state index contributed by atoms with van der Waals surface area (Å²) in [6.45, 7) is 8.45. The van der Waals surface area contributed by atoms with Gasteiger partial charge in [-0.25, -0.2) is 0 Å². The highest BCUT2D eigenvalue weighted by molar-refractivity contribution is 5.85. The lowest BCUT2D eigenvalue weighted by Gasteiger charge is -2.38. The third kappa shape index (κ3) is 7.54. The van der Waals surface area contributed by atoms with Crippen molar-refractivity contribution in [2.24, 2.45) is 5.92 Å². The zero-order chi connectivity index (χ0) is 21.6. The first-order valence-electron chi connectivity index (χ1n) is 10.9. The smallest absolute Gasteiger partial charge is 0.372 e. The molecule has 0 radical (unpaired) electrons. The Morgan fingerprint density at radius 1 is 1.10 bits per heavy atom. The molecule has 0 saturated carbocycles. The number of likely N-dealkylation sites (tertiary alicyclic amines) is 1. The van der Waals surface area contributed by atoms with E-state index in [2.05, 4.69) is 4.90 Å². The van der Waals surface area contributed by atoms with Crippen LogP contribution in [0, 0.1) is 5.92 Å². The van der Waals surface area contributed by atoms with Crippen LogP contribution in [-0.2, 0) is 15.7 Å². The number of benzene rings is 1. The monoisotopic (exact) mass is 463 g/mol. The molecule has 2 aliphatic rings. The number of halogens is 4. The van der Waals surface area contributed by atoms with E-state index >= 15 is 0 Å². The van der Waals surface area contributed by atoms with Crippen LogP contribution in [0.2, 0.25) is 0 Å². The Morgan fingerprint density at radius 3 is 2.39 bits per heavy atom. The van der Waals surface area contributed by atoms with Crippen molar-refractivity contribution >= 4 is 24.0 Å². The first-order chi connectivity index (χ1) is 14.4. The largest absolute Gasteiger partial charge is 0.416 e. The number of ether oxygens (including phenoxy) is 1. The molecule has 2 saturated heterocycles. The highest BCUT2D eigenvalue weighted by Crippen LogP contribution is 2.32. The van der Waals surface area contributed by atoms with Gasteiger partial charge in [-0.05, 0) is 56.8 Å². The molecule has 2 heterocycles. The number of alkyl halides is 3. The second kappa shape index (κ2) is 11.9. The Morgan fingerprint density at radius 2 is 1.77 bits per heavy atom. The van der Waals surface area contributed by atoms with Crippen LogP contribution >= 0.6 is 12.4 Å². The van der Waals surface area contributed by atoms with Crippen molar-refractivity contribution in [1.82, 2.24) is 9.80 Å². The molecule has 5 nitrogen and oxygen atoms in total. The lowest BCUT2D eigenvalue weighted by atomic mass is 9.93. The maximum atomic E-state index is 12.9. The third-order valence-corrected chi connectivity index (χ3v) is 6.16. The summed E-state index contributed by atoms with van der Waals surface area (Å²) in [5.74, 6) is 0.712. The molecular weight excluding hydrogens is 431 g/mol. The number of carbonyl (C=O) groups is 1. The normalized spacial score (nSPS) is 18.7. The van der Waals surface area contributed by atoms with Crippen LogP contribution in [-0.4, -0.2) is 74.7 Å². The highest BCUT2D eigenvalue weighted by atomic mass is 35.5. The molecule has 0 aliphatic carbocycles. The Labute approximate surface area is 188 Å². The molecule has 2 aliphatic heterocycles. The number of anilines is 1. The molecule has 1 amide bonds. The summed E-state index contributed by atoms with van der Waals surface area (Å²) in [4.78, 5) is 18.4. The first kappa shape index (κ1) is 25.7. The van der Waals surface area contributed by atoms with Crippen molar-refractivity contribution in [3.63, 3.8) is 0 Å². The fourth-order valence-corrected chi connectivity index (χ4v) is 4.23. The van der Waals surface area contributed by atoms with Crippen molar-refractivity contribution in [2.75, 3.05) is 63.9 Å². The SMILES string of the molecule is CCOCC(=O)N1CCC(CCN2CCN(c3cccc(C(F)(F)F)c3)CC2)CC1.Cl. The minimum Gasteiger partial charge on any atom is -0.372 e. The molecule has 176 valence electrons. The van der Waals surface area contributed by atoms with E-state index in [0.29, 0.717) is 18.2 Å². The van der Waals surface area contributed by atoms with Gasteiger partial charge in [-0.2, -0.15) is 13.2 Å². The van der Waals surface area contributed by atoms with Crippen molar-refractivity contribution in [1.29, 1.82) is 0 Å². The van der Waals surface area contributed by atoms with E-state index in [1.165, 1.54) is 12.1 Å². The van der Waals surface area contributed by atoms with Crippen molar-refractivity contribution in [3.8, 4) is 0 Å². The number of piperazine rings is 1. The van der Waals surface area contributed by atoms with Gasteiger partial charge in [-0.15, -0.1) is 12.4 Å². The molecule has 0 bridgehead atoms. The fraction of sp³-hybridized carbons (Fsp3) is 0.682. The second-order valence-electron chi connectivity index (χ2n) is 8.13. The Balaban J connectivity index is 0.00000341. The van der Waals surface area contributed by atoms with E-state index in [0.717, 1.165) is 71.1 Å². The molecule has 0 spiro atoms. The quantitative estimate of drug-likeness (QED) is 0.614. The van der Waals surface area contributed by atoms with Crippen LogP contribution in [0.5, 0.6) is 0 Å². The molecule has 0 N–H and O–H groups in total. The Kier molecular flexibility index (Phi) is 9.90. The third-order valence-electron chi connectivity index (χ3n) is 6.16. The topological polar surface area (TPSA) is 36.0 Å². The van der Waals surface area contributed by atoms with E-state index in [1.807, 2.05) is 16.7 Å². The number of amides is 1. The molecule has 0 atom stereocenters. The number of carbonyl (C=O) groups excluding carboxylic acids is 1. The minimum absolute atomic E-state index is 0. The maximum absolute atomic E-state index is 12.9. The zero-order valence-electron chi connectivity index (χ0n) is 18.1. The molecule has 1 aromatic carbocycles. The zero-order valence-corrected chi connectivity index (χ0v) is 18.9. The number of hydrogen-bond acceptors (Lipinski definition) is 4. The molecule has 0 unspecified atom stereocenters. The van der Waals surface area contributed by atoms with Gasteiger partial charge in [0.1, 0.15) is 6.61 Å². The Hall–Kier alpha value is -1.51. The summed E-state index contributed by atoms with van der Waals surface area (Å²) in [6.07, 6.45) is -1.14. The van der Waals surface area contributed by atoms with Gasteiger partial charge in [0, 0.05) is 51.6 Å². The van der Waals surface area contributed by atoms with Gasteiger partial charge >= 0.3 is 6.18 Å². The summed E-state index contributed by atoms with van der Waals surface area (Å²) in [7, 11) is 0. The van der Waals surface area contributed by atoms with Crippen LogP contribution in [0.1, 0.15) is 31.7 Å². The molecule has 1 aromatic rings. The number of nitrogens with zero attached hydrogens (tertiary/aromatic N) is 3. The average molecular weight is 464 g/mol. The van der Waals surface area contributed by atoms with Gasteiger partial charge in [0.15, 0.2) is 0 Å². The van der Waals surface area contributed by atoms with E-state index in [1.54, 1.807) is 6.07 Å². The van der Waals surface area contributed by atoms with E-state index in [4.69, 9.17) is 4.74 Å². The maximum Gasteiger partial charge on any atom is 0.416 e. The van der Waals surface area contributed by atoms with Gasteiger partial charge in [0.25, 0.3) is 0 Å². The van der Waals surface area contributed by atoms with Crippen LogP contribution in [0.4, 0.5) is 18.9 Å². The van der Waals surface area contributed by atoms with Gasteiger partial charge in [-0.1, -0.05) is 6.07 Å². The Bertz CT molecular complexity index is 689. The van der Waals surface area contributed by atoms with Crippen molar-refractivity contribution < 1.29 is 22.7 Å². The molecule has 2 fully saturated rings. The van der Waals surface area contributed by atoms with E-state index < -0.39 is 11.7 Å². The lowest BCUT2D eigenvalue weighted by Crippen LogP contribution is -2.47. The van der Waals surface area contributed by atoms with Crippen LogP contribution in [0.15, 0.2) is 24.3 Å². The summed E-state index contributed by atoms with van der Waals surface area (Å²) in [6, 6.07) is 5.60. The van der Waals surface area contributed by atoms with Crippen LogP contribution in [0.25, 0.3) is 0 Å². The lowest BCUT2D eigenvalue weighted by molar-refractivity contribution is -0.138. The van der Waals surface area contributed by atoms with E-state index in [-0.39, 0.29) is 24.9 Å². The van der Waals surface area contributed by atoms with Crippen molar-refractivity contribution in [3.05, 3.63) is 29.8 Å². The standard InChI is InChI=1S/C22H32F3N3O2.ClH/c1-2-30-17-21(29)28-10-7-18(8-11-28)6-9-26-12-14-27(15-13-26)20-5-3-4-19(16-20)22(23,24)25;/h3-5,16,18H,2,6-15,17H2,1H3;1H. The number of piperidine rings is 1. The van der Waals surface area contributed by atoms with Gasteiger partial charge in [0.2, 0.25) is 5.91 Å². The number of hydrogen-bond donors (Lipinski definition) is 0. The number of rotatable bonds is 7. The molecule has 0 aromatic heterocycles. The molecule has 31 heavy (non-hydrogen) atoms. The minimum atomic E-state index is -4.30. The summed E-state index contributed by atoms with van der Waals surface area (Å²) >= 11 is 0. The molecule has 9 heteroatoms. The van der Waals surface area contributed by atoms with Crippen LogP contribution in [0.3, 0.4) is 0 Å². The first-order valence-corrected chi connectivity index (χ1v) is 10.9. The molecular formula is C22H33ClF3N3O2. The summed E-state index contributed by atoms with van der Waals surface area (Å²) < 4.78 is 44.0. The van der Waals surface area contributed by atoms with Gasteiger partial charge in [-0.3, -0.25) is 9.69 Å². The predicted octanol–water partition coefficient (Wildman–Crippen LogP) is 3.91. The second-order valence-corrected chi connectivity index (χ2v) is 8.13. The van der Waals surface area contributed by atoms with Gasteiger partial charge in [0.05, 0.1) is 5.56 Å². The predicted molar refractivity (Wildman–Crippen MR) is 118 cm³/mol. The van der Waals surface area contributed by atoms with Gasteiger partial charge < -0.3 is 14.5 Å². The van der Waals surface area contributed by atoms with Crippen LogP contribution < -0.4 is 4.90 Å². The highest BCUT2D eigenvalue weighted by Gasteiger charge is 2.31. The average Bonchev–Trinajstić information content (AvgIpc) is 2.76. The fourth-order valence-electron chi connectivity index (χ4n) is 4.23. The van der Waals surface area contributed by atoms with E-state index in [9.17, 15) is 18.0 Å². The van der Waals surface area contributed by atoms with Crippen molar-refractivity contribution in [2.45, 2.75) is 32.4 Å². The molecule has 3 rings (SSSR count).